The van der Waals surface area contributed by atoms with Gasteiger partial charge in [-0.3, -0.25) is 4.79 Å². The molecule has 0 amide bonds. The van der Waals surface area contributed by atoms with Crippen molar-refractivity contribution in [3.63, 3.8) is 0 Å². The summed E-state index contributed by atoms with van der Waals surface area (Å²) in [5, 5.41) is 8.75. The number of nitrogens with two attached hydrogens (primary N) is 1. The van der Waals surface area contributed by atoms with Gasteiger partial charge in [-0.1, -0.05) is 30.4 Å². The molecule has 1 aromatic carbocycles. The zero-order chi connectivity index (χ0) is 11.5. The molecule has 0 bridgehead atoms. The number of carboxylic acids is 1. The van der Waals surface area contributed by atoms with Gasteiger partial charge in [0.15, 0.2) is 0 Å². The van der Waals surface area contributed by atoms with Crippen molar-refractivity contribution in [3.8, 4) is 0 Å². The van der Waals surface area contributed by atoms with Gasteiger partial charge < -0.3 is 10.8 Å². The normalized spacial score (nSPS) is 15.6. The average molecular weight is 217 g/mol. The zero-order valence-electron chi connectivity index (χ0n) is 9.02. The fourth-order valence-electron chi connectivity index (χ4n) is 1.96. The lowest BCUT2D eigenvalue weighted by Crippen LogP contribution is -2.32. The van der Waals surface area contributed by atoms with E-state index in [9.17, 15) is 4.79 Å². The molecule has 0 fully saturated rings. The molecule has 0 aromatic heterocycles. The minimum Gasteiger partial charge on any atom is -0.480 e. The van der Waals surface area contributed by atoms with Crippen LogP contribution < -0.4 is 5.73 Å². The van der Waals surface area contributed by atoms with Gasteiger partial charge in [-0.2, -0.15) is 0 Å². The van der Waals surface area contributed by atoms with Gasteiger partial charge in [0.25, 0.3) is 0 Å². The van der Waals surface area contributed by atoms with Crippen LogP contribution in [-0.2, 0) is 24.1 Å². The highest BCUT2D eigenvalue weighted by molar-refractivity contribution is 5.73. The van der Waals surface area contributed by atoms with Gasteiger partial charge in [0.1, 0.15) is 6.04 Å². The van der Waals surface area contributed by atoms with Crippen molar-refractivity contribution in [2.24, 2.45) is 5.73 Å². The number of carbonyl (C=O) groups is 1. The van der Waals surface area contributed by atoms with Crippen molar-refractivity contribution in [2.45, 2.75) is 25.3 Å². The van der Waals surface area contributed by atoms with Gasteiger partial charge in [-0.15, -0.1) is 0 Å². The molecular formula is C13H15NO2. The molecule has 0 heterocycles. The number of aliphatic carboxylic acids is 1. The Bertz CT molecular complexity index is 438. The average Bonchev–Trinajstić information content (AvgIpc) is 2.28. The predicted octanol–water partition coefficient (Wildman–Crippen LogP) is 1.30. The monoisotopic (exact) mass is 217 g/mol. The van der Waals surface area contributed by atoms with E-state index in [0.717, 1.165) is 18.4 Å². The maximum atomic E-state index is 10.7. The number of hydrogen-bond donors (Lipinski definition) is 2. The lowest BCUT2D eigenvalue weighted by molar-refractivity contribution is -0.138. The molecule has 0 spiro atoms. The summed E-state index contributed by atoms with van der Waals surface area (Å²) in [6.07, 6.45) is 6.60. The summed E-state index contributed by atoms with van der Waals surface area (Å²) in [5.41, 5.74) is 9.13. The van der Waals surface area contributed by atoms with Crippen molar-refractivity contribution in [3.05, 3.63) is 47.0 Å². The first-order valence-corrected chi connectivity index (χ1v) is 5.41. The van der Waals surface area contributed by atoms with Gasteiger partial charge in [-0.05, 0) is 36.0 Å². The molecule has 0 saturated heterocycles. The quantitative estimate of drug-likeness (QED) is 0.750. The molecule has 1 unspecified atom stereocenters. The Labute approximate surface area is 94.6 Å². The SMILES string of the molecule is NC(Cc1ccc2c(c1)CC=CC2)C(=O)O. The van der Waals surface area contributed by atoms with E-state index < -0.39 is 12.0 Å². The van der Waals surface area contributed by atoms with Gasteiger partial charge in [0.05, 0.1) is 0 Å². The maximum absolute atomic E-state index is 10.7. The van der Waals surface area contributed by atoms with Crippen LogP contribution in [0.1, 0.15) is 16.7 Å². The fourth-order valence-corrected chi connectivity index (χ4v) is 1.96. The summed E-state index contributed by atoms with van der Waals surface area (Å²) in [5.74, 6) is -0.947. The lowest BCUT2D eigenvalue weighted by Gasteiger charge is -2.13. The molecule has 1 atom stereocenters. The second kappa shape index (κ2) is 4.49. The van der Waals surface area contributed by atoms with E-state index in [2.05, 4.69) is 24.3 Å². The van der Waals surface area contributed by atoms with Crippen LogP contribution in [0.2, 0.25) is 0 Å². The van der Waals surface area contributed by atoms with Crippen LogP contribution in [0.15, 0.2) is 30.4 Å². The van der Waals surface area contributed by atoms with Gasteiger partial charge >= 0.3 is 5.97 Å². The number of hydrogen-bond acceptors (Lipinski definition) is 2. The van der Waals surface area contributed by atoms with E-state index in [0.29, 0.717) is 6.42 Å². The summed E-state index contributed by atoms with van der Waals surface area (Å²) in [6.45, 7) is 0. The van der Waals surface area contributed by atoms with Crippen molar-refractivity contribution < 1.29 is 9.90 Å². The third-order valence-corrected chi connectivity index (χ3v) is 2.89. The topological polar surface area (TPSA) is 63.3 Å². The van der Waals surface area contributed by atoms with Crippen molar-refractivity contribution in [2.75, 3.05) is 0 Å². The Kier molecular flexibility index (Phi) is 3.06. The summed E-state index contributed by atoms with van der Waals surface area (Å²) in [6, 6.07) is 5.31. The third kappa shape index (κ3) is 2.31. The molecule has 3 nitrogen and oxygen atoms in total. The van der Waals surface area contributed by atoms with Crippen LogP contribution in [0.25, 0.3) is 0 Å². The molecule has 1 aliphatic carbocycles. The maximum Gasteiger partial charge on any atom is 0.320 e. The number of allylic oxidation sites excluding steroid dienone is 2. The summed E-state index contributed by atoms with van der Waals surface area (Å²) in [4.78, 5) is 10.7. The standard InChI is InChI=1S/C13H15NO2/c14-12(13(15)16)8-9-5-6-10-3-1-2-4-11(10)7-9/h1-2,5-7,12H,3-4,8,14H2,(H,15,16). The Morgan fingerprint density at radius 2 is 2.00 bits per heavy atom. The Balaban J connectivity index is 2.16. The van der Waals surface area contributed by atoms with E-state index in [1.165, 1.54) is 11.1 Å². The van der Waals surface area contributed by atoms with E-state index in [4.69, 9.17) is 10.8 Å². The van der Waals surface area contributed by atoms with Crippen molar-refractivity contribution in [1.29, 1.82) is 0 Å². The van der Waals surface area contributed by atoms with Crippen LogP contribution in [-0.4, -0.2) is 17.1 Å². The predicted molar refractivity (Wildman–Crippen MR) is 62.3 cm³/mol. The molecule has 1 aliphatic rings. The largest absolute Gasteiger partial charge is 0.480 e. The first-order chi connectivity index (χ1) is 7.66. The van der Waals surface area contributed by atoms with Gasteiger partial charge in [0, 0.05) is 0 Å². The fraction of sp³-hybridized carbons (Fsp3) is 0.308. The van der Waals surface area contributed by atoms with E-state index >= 15 is 0 Å². The van der Waals surface area contributed by atoms with Crippen LogP contribution in [0.3, 0.4) is 0 Å². The smallest absolute Gasteiger partial charge is 0.320 e. The van der Waals surface area contributed by atoms with E-state index in [-0.39, 0.29) is 0 Å². The van der Waals surface area contributed by atoms with Gasteiger partial charge in [-0.25, -0.2) is 0 Å². The molecule has 2 rings (SSSR count). The van der Waals surface area contributed by atoms with E-state index in [1.807, 2.05) is 6.07 Å². The van der Waals surface area contributed by atoms with Crippen LogP contribution in [0.4, 0.5) is 0 Å². The minimum atomic E-state index is -0.947. The van der Waals surface area contributed by atoms with E-state index in [1.54, 1.807) is 0 Å². The highest BCUT2D eigenvalue weighted by Gasteiger charge is 2.13. The lowest BCUT2D eigenvalue weighted by atomic mass is 9.93. The summed E-state index contributed by atoms with van der Waals surface area (Å²) in [7, 11) is 0. The first-order valence-electron chi connectivity index (χ1n) is 5.41. The Hall–Kier alpha value is -1.61. The van der Waals surface area contributed by atoms with Crippen LogP contribution in [0, 0.1) is 0 Å². The minimum absolute atomic E-state index is 0.395. The number of fused-ring (bicyclic) bond motifs is 1. The van der Waals surface area contributed by atoms with Crippen LogP contribution in [0.5, 0.6) is 0 Å². The Morgan fingerprint density at radius 3 is 2.69 bits per heavy atom. The third-order valence-electron chi connectivity index (χ3n) is 2.89. The van der Waals surface area contributed by atoms with Crippen molar-refractivity contribution >= 4 is 5.97 Å². The highest BCUT2D eigenvalue weighted by Crippen LogP contribution is 2.18. The van der Waals surface area contributed by atoms with Crippen molar-refractivity contribution in [1.82, 2.24) is 0 Å². The molecule has 0 radical (unpaired) electrons. The molecule has 84 valence electrons. The molecular weight excluding hydrogens is 202 g/mol. The molecule has 3 N–H and O–H groups in total. The summed E-state index contributed by atoms with van der Waals surface area (Å²) < 4.78 is 0. The molecule has 1 aromatic rings. The number of benzene rings is 1. The molecule has 0 saturated carbocycles. The molecule has 0 aliphatic heterocycles. The highest BCUT2D eigenvalue weighted by atomic mass is 16.4. The molecule has 3 heteroatoms. The molecule has 16 heavy (non-hydrogen) atoms. The second-order valence-electron chi connectivity index (χ2n) is 4.13. The van der Waals surface area contributed by atoms with Gasteiger partial charge in [0.2, 0.25) is 0 Å². The first kappa shape index (κ1) is 10.9. The number of rotatable bonds is 3. The zero-order valence-corrected chi connectivity index (χ0v) is 9.02. The van der Waals surface area contributed by atoms with Crippen LogP contribution >= 0.6 is 0 Å². The Morgan fingerprint density at radius 1 is 1.31 bits per heavy atom. The number of carboxylic acid groups (broad SMARTS) is 1. The summed E-state index contributed by atoms with van der Waals surface area (Å²) >= 11 is 0. The second-order valence-corrected chi connectivity index (χ2v) is 4.13.